The summed E-state index contributed by atoms with van der Waals surface area (Å²) in [5, 5.41) is 18.6. The molecule has 0 radical (unpaired) electrons. The van der Waals surface area contributed by atoms with Crippen LogP contribution >= 0.6 is 0 Å². The average molecular weight is 322 g/mol. The van der Waals surface area contributed by atoms with E-state index < -0.39 is 17.4 Å². The molecule has 1 N–H and O–H groups in total. The van der Waals surface area contributed by atoms with Gasteiger partial charge in [0.1, 0.15) is 17.7 Å². The maximum absolute atomic E-state index is 15.0. The molecule has 0 spiro atoms. The van der Waals surface area contributed by atoms with E-state index in [0.717, 1.165) is 6.07 Å². The van der Waals surface area contributed by atoms with Crippen LogP contribution in [0.15, 0.2) is 18.2 Å². The van der Waals surface area contributed by atoms with Crippen molar-refractivity contribution in [3.05, 3.63) is 29.6 Å². The average Bonchev–Trinajstić information content (AvgIpc) is 2.39. The lowest BCUT2D eigenvalue weighted by molar-refractivity contribution is -0.0660. The van der Waals surface area contributed by atoms with E-state index in [9.17, 15) is 13.9 Å². The zero-order valence-electron chi connectivity index (χ0n) is 13.9. The van der Waals surface area contributed by atoms with Gasteiger partial charge in [0.15, 0.2) is 0 Å². The molecule has 1 aromatic rings. The number of alkyl halides is 1. The summed E-state index contributed by atoms with van der Waals surface area (Å²) in [6.45, 7) is 7.21. The monoisotopic (exact) mass is 322 g/mol. The van der Waals surface area contributed by atoms with Gasteiger partial charge in [-0.1, -0.05) is 20.8 Å². The summed E-state index contributed by atoms with van der Waals surface area (Å²) in [6, 6.07) is 6.06. The molecule has 23 heavy (non-hydrogen) atoms. The summed E-state index contributed by atoms with van der Waals surface area (Å²) in [4.78, 5) is 1.92. The second-order valence-electron chi connectivity index (χ2n) is 7.51. The number of benzene rings is 1. The van der Waals surface area contributed by atoms with Crippen LogP contribution in [0.1, 0.15) is 39.2 Å². The first kappa shape index (κ1) is 17.7. The number of hydrogen-bond acceptors (Lipinski definition) is 3. The Morgan fingerprint density at radius 1 is 1.39 bits per heavy atom. The minimum atomic E-state index is -1.11. The third-order valence-electron chi connectivity index (χ3n) is 5.13. The molecular formula is C18H24F2N2O. The molecule has 1 heterocycles. The first-order valence-electron chi connectivity index (χ1n) is 7.90. The van der Waals surface area contributed by atoms with Crippen LogP contribution in [0.5, 0.6) is 5.75 Å². The number of piperidine rings is 1. The maximum atomic E-state index is 15.0. The molecule has 0 aliphatic carbocycles. The van der Waals surface area contributed by atoms with Crippen LogP contribution in [-0.4, -0.2) is 29.3 Å². The molecule has 2 atom stereocenters. The largest absolute Gasteiger partial charge is 0.508 e. The number of phenols is 1. The highest BCUT2D eigenvalue weighted by Crippen LogP contribution is 2.50. The van der Waals surface area contributed by atoms with E-state index in [0.29, 0.717) is 25.1 Å². The summed E-state index contributed by atoms with van der Waals surface area (Å²) in [5.74, 6) is -0.621. The van der Waals surface area contributed by atoms with Crippen molar-refractivity contribution >= 4 is 0 Å². The van der Waals surface area contributed by atoms with E-state index in [2.05, 4.69) is 6.07 Å². The predicted molar refractivity (Wildman–Crippen MR) is 85.0 cm³/mol. The van der Waals surface area contributed by atoms with Gasteiger partial charge in [-0.05, 0) is 36.1 Å². The van der Waals surface area contributed by atoms with Gasteiger partial charge in [-0.25, -0.2) is 8.78 Å². The lowest BCUT2D eigenvalue weighted by Gasteiger charge is -2.51. The second kappa shape index (κ2) is 6.45. The molecule has 0 aromatic heterocycles. The first-order valence-corrected chi connectivity index (χ1v) is 7.90. The van der Waals surface area contributed by atoms with Crippen LogP contribution in [0.4, 0.5) is 8.78 Å². The molecule has 0 bridgehead atoms. The topological polar surface area (TPSA) is 47.3 Å². The number of halogens is 2. The fourth-order valence-electron chi connectivity index (χ4n) is 3.58. The van der Waals surface area contributed by atoms with Crippen molar-refractivity contribution in [1.29, 1.82) is 5.26 Å². The highest BCUT2D eigenvalue weighted by molar-refractivity contribution is 5.28. The number of phenolic OH excluding ortho intramolecular Hbond substituents is 1. The minimum absolute atomic E-state index is 0.123. The Hall–Kier alpha value is -1.67. The highest BCUT2D eigenvalue weighted by atomic mass is 19.1. The molecule has 1 fully saturated rings. The van der Waals surface area contributed by atoms with Crippen molar-refractivity contribution in [2.75, 3.05) is 13.1 Å². The fraction of sp³-hybridized carbons (Fsp3) is 0.611. The number of rotatable bonds is 3. The third kappa shape index (κ3) is 3.64. The molecule has 0 amide bonds. The molecule has 1 aliphatic heterocycles. The van der Waals surface area contributed by atoms with Crippen LogP contribution in [0.3, 0.4) is 0 Å². The van der Waals surface area contributed by atoms with Gasteiger partial charge >= 0.3 is 0 Å². The molecule has 2 unspecified atom stereocenters. The van der Waals surface area contributed by atoms with Gasteiger partial charge < -0.3 is 5.11 Å². The van der Waals surface area contributed by atoms with Gasteiger partial charge in [0.2, 0.25) is 0 Å². The summed E-state index contributed by atoms with van der Waals surface area (Å²) >= 11 is 0. The normalized spacial score (nSPS) is 26.0. The van der Waals surface area contributed by atoms with E-state index in [4.69, 9.17) is 5.26 Å². The van der Waals surface area contributed by atoms with Gasteiger partial charge in [0.25, 0.3) is 0 Å². The van der Waals surface area contributed by atoms with Gasteiger partial charge in [0, 0.05) is 31.0 Å². The van der Waals surface area contributed by atoms with Crippen LogP contribution < -0.4 is 0 Å². The third-order valence-corrected chi connectivity index (χ3v) is 5.13. The number of likely N-dealkylation sites (tertiary alicyclic amines) is 1. The quantitative estimate of drug-likeness (QED) is 0.914. The Kier molecular flexibility index (Phi) is 4.95. The van der Waals surface area contributed by atoms with Crippen LogP contribution in [0.2, 0.25) is 0 Å². The van der Waals surface area contributed by atoms with Crippen molar-refractivity contribution in [3.8, 4) is 11.8 Å². The Bertz CT molecular complexity index is 586. The summed E-state index contributed by atoms with van der Waals surface area (Å²) in [7, 11) is 0. The Labute approximate surface area is 136 Å². The lowest BCUT2D eigenvalue weighted by atomic mass is 9.59. The first-order chi connectivity index (χ1) is 10.7. The van der Waals surface area contributed by atoms with Crippen LogP contribution in [-0.2, 0) is 6.54 Å². The minimum Gasteiger partial charge on any atom is -0.508 e. The Morgan fingerprint density at radius 3 is 2.61 bits per heavy atom. The molecule has 126 valence electrons. The van der Waals surface area contributed by atoms with Crippen molar-refractivity contribution in [3.63, 3.8) is 0 Å². The van der Waals surface area contributed by atoms with Gasteiger partial charge in [-0.2, -0.15) is 5.26 Å². The van der Waals surface area contributed by atoms with E-state index in [1.54, 1.807) is 0 Å². The molecule has 1 aliphatic rings. The molecule has 1 saturated heterocycles. The zero-order valence-corrected chi connectivity index (χ0v) is 13.9. The Balaban J connectivity index is 2.13. The number of hydrogen-bond donors (Lipinski definition) is 1. The standard InChI is InChI=1S/C18H24F2N2O/c1-17(2,3)18(4-6-21)5-7-22(12-16(18)20)11-13-8-14(19)10-15(23)9-13/h8-10,16,23H,4-5,7,11-12H2,1-3H3. The zero-order chi connectivity index (χ0) is 17.3. The summed E-state index contributed by atoms with van der Waals surface area (Å²) in [5.41, 5.74) is -0.327. The lowest BCUT2D eigenvalue weighted by Crippen LogP contribution is -2.54. The molecule has 0 saturated carbocycles. The van der Waals surface area contributed by atoms with Crippen LogP contribution in [0, 0.1) is 28.0 Å². The van der Waals surface area contributed by atoms with Crippen molar-refractivity contribution in [2.24, 2.45) is 10.8 Å². The van der Waals surface area contributed by atoms with Crippen molar-refractivity contribution < 1.29 is 13.9 Å². The summed E-state index contributed by atoms with van der Waals surface area (Å²) < 4.78 is 28.3. The van der Waals surface area contributed by atoms with Gasteiger partial charge in [-0.15, -0.1) is 0 Å². The number of nitriles is 1. The molecular weight excluding hydrogens is 298 g/mol. The number of nitrogens with zero attached hydrogens (tertiary/aromatic N) is 2. The second-order valence-corrected chi connectivity index (χ2v) is 7.51. The van der Waals surface area contributed by atoms with E-state index in [1.807, 2.05) is 25.7 Å². The molecule has 1 aromatic carbocycles. The van der Waals surface area contributed by atoms with E-state index in [1.165, 1.54) is 12.1 Å². The SMILES string of the molecule is CC(C)(C)C1(CC#N)CCN(Cc2cc(O)cc(F)c2)CC1F. The summed E-state index contributed by atoms with van der Waals surface area (Å²) in [6.07, 6.45) is -0.322. The molecule has 3 nitrogen and oxygen atoms in total. The smallest absolute Gasteiger partial charge is 0.127 e. The van der Waals surface area contributed by atoms with Crippen molar-refractivity contribution in [1.82, 2.24) is 4.90 Å². The molecule has 5 heteroatoms. The van der Waals surface area contributed by atoms with Gasteiger partial charge in [0.05, 0.1) is 6.07 Å². The number of aromatic hydroxyl groups is 1. The van der Waals surface area contributed by atoms with Gasteiger partial charge in [-0.3, -0.25) is 4.90 Å². The highest BCUT2D eigenvalue weighted by Gasteiger charge is 2.51. The van der Waals surface area contributed by atoms with Crippen molar-refractivity contribution in [2.45, 2.75) is 46.3 Å². The van der Waals surface area contributed by atoms with Crippen LogP contribution in [0.25, 0.3) is 0 Å². The Morgan fingerprint density at radius 2 is 2.09 bits per heavy atom. The molecule has 2 rings (SSSR count). The van der Waals surface area contributed by atoms with E-state index in [-0.39, 0.29) is 24.1 Å². The van der Waals surface area contributed by atoms with E-state index >= 15 is 0 Å². The maximum Gasteiger partial charge on any atom is 0.127 e. The fourth-order valence-corrected chi connectivity index (χ4v) is 3.58. The predicted octanol–water partition coefficient (Wildman–Crippen LogP) is 4.02.